The molecule has 1 saturated carbocycles. The molecular weight excluding hydrogens is 244 g/mol. The average molecular weight is 278 g/mol. The van der Waals surface area contributed by atoms with Crippen LogP contribution in [0.3, 0.4) is 0 Å². The number of hydrogen-bond acceptors (Lipinski definition) is 2. The van der Waals surface area contributed by atoms with Crippen LogP contribution in [0, 0.1) is 5.41 Å². The van der Waals surface area contributed by atoms with Crippen LogP contribution in [0.1, 0.15) is 78.6 Å². The van der Waals surface area contributed by atoms with E-state index in [4.69, 9.17) is 0 Å². The summed E-state index contributed by atoms with van der Waals surface area (Å²) in [6, 6.07) is 3.44. The second kappa shape index (κ2) is 5.96. The van der Waals surface area contributed by atoms with E-state index in [2.05, 4.69) is 31.0 Å². The molecule has 0 aromatic heterocycles. The number of nitrogens with zero attached hydrogens (tertiary/aromatic N) is 1. The zero-order chi connectivity index (χ0) is 14.2. The standard InChI is InChI=1S/C18H34N2/c1-4-19-14-11-15-7-5-8-16(12-14)20(15)17-9-6-10-18(2,3)13-17/h14-17,19H,4-13H2,1-3H3. The van der Waals surface area contributed by atoms with Gasteiger partial charge < -0.3 is 5.32 Å². The van der Waals surface area contributed by atoms with Gasteiger partial charge in [-0.15, -0.1) is 0 Å². The molecule has 0 aromatic rings. The van der Waals surface area contributed by atoms with Crippen LogP contribution >= 0.6 is 0 Å². The van der Waals surface area contributed by atoms with Crippen molar-refractivity contribution in [2.24, 2.45) is 5.41 Å². The van der Waals surface area contributed by atoms with E-state index >= 15 is 0 Å². The maximum atomic E-state index is 3.73. The second-order valence-electron chi connectivity index (χ2n) is 8.33. The van der Waals surface area contributed by atoms with E-state index in [9.17, 15) is 0 Å². The van der Waals surface area contributed by atoms with Gasteiger partial charge in [0.25, 0.3) is 0 Å². The lowest BCUT2D eigenvalue weighted by Crippen LogP contribution is -2.60. The quantitative estimate of drug-likeness (QED) is 0.841. The summed E-state index contributed by atoms with van der Waals surface area (Å²) in [7, 11) is 0. The minimum absolute atomic E-state index is 0.579. The summed E-state index contributed by atoms with van der Waals surface area (Å²) >= 11 is 0. The summed E-state index contributed by atoms with van der Waals surface area (Å²) < 4.78 is 0. The Hall–Kier alpha value is -0.0800. The summed E-state index contributed by atoms with van der Waals surface area (Å²) in [4.78, 5) is 3.00. The van der Waals surface area contributed by atoms with Gasteiger partial charge in [0.1, 0.15) is 0 Å². The number of hydrogen-bond donors (Lipinski definition) is 1. The molecule has 1 aliphatic carbocycles. The van der Waals surface area contributed by atoms with Crippen molar-refractivity contribution in [1.82, 2.24) is 10.2 Å². The summed E-state index contributed by atoms with van der Waals surface area (Å²) in [6.45, 7) is 8.37. The van der Waals surface area contributed by atoms with Crippen LogP contribution < -0.4 is 5.32 Å². The van der Waals surface area contributed by atoms with Crippen molar-refractivity contribution in [2.45, 2.75) is 103 Å². The number of nitrogens with one attached hydrogen (secondary N) is 1. The Bertz CT molecular complexity index is 311. The Morgan fingerprint density at radius 1 is 1.00 bits per heavy atom. The Morgan fingerprint density at radius 3 is 2.25 bits per heavy atom. The lowest BCUT2D eigenvalue weighted by molar-refractivity contribution is -0.0378. The molecule has 2 nitrogen and oxygen atoms in total. The molecule has 3 rings (SSSR count). The highest BCUT2D eigenvalue weighted by Crippen LogP contribution is 2.43. The molecule has 116 valence electrons. The van der Waals surface area contributed by atoms with Crippen molar-refractivity contribution in [3.8, 4) is 0 Å². The van der Waals surface area contributed by atoms with Crippen molar-refractivity contribution < 1.29 is 0 Å². The Balaban J connectivity index is 1.70. The first-order valence-electron chi connectivity index (χ1n) is 9.10. The molecule has 0 amide bonds. The van der Waals surface area contributed by atoms with Crippen molar-refractivity contribution in [2.75, 3.05) is 6.54 Å². The van der Waals surface area contributed by atoms with Crippen molar-refractivity contribution >= 4 is 0 Å². The normalized spacial score (nSPS) is 41.5. The molecule has 1 N–H and O–H groups in total. The predicted molar refractivity (Wildman–Crippen MR) is 86.0 cm³/mol. The van der Waals surface area contributed by atoms with Gasteiger partial charge in [0.15, 0.2) is 0 Å². The van der Waals surface area contributed by atoms with Gasteiger partial charge >= 0.3 is 0 Å². The van der Waals surface area contributed by atoms with Gasteiger partial charge in [-0.05, 0) is 56.9 Å². The molecular formula is C18H34N2. The maximum Gasteiger partial charge on any atom is 0.0116 e. The lowest BCUT2D eigenvalue weighted by Gasteiger charge is -2.54. The van der Waals surface area contributed by atoms with E-state index in [0.717, 1.165) is 30.7 Å². The third-order valence-electron chi connectivity index (χ3n) is 6.12. The Kier molecular flexibility index (Phi) is 4.42. The number of piperidine rings is 2. The zero-order valence-electron chi connectivity index (χ0n) is 13.8. The number of rotatable bonds is 3. The van der Waals surface area contributed by atoms with Crippen LogP contribution in [-0.2, 0) is 0 Å². The van der Waals surface area contributed by atoms with E-state index in [1.165, 1.54) is 57.8 Å². The second-order valence-corrected chi connectivity index (χ2v) is 8.33. The minimum atomic E-state index is 0.579. The van der Waals surface area contributed by atoms with Crippen molar-refractivity contribution in [1.29, 1.82) is 0 Å². The fourth-order valence-corrected chi connectivity index (χ4v) is 5.38. The van der Waals surface area contributed by atoms with Crippen LogP contribution in [-0.4, -0.2) is 35.6 Å². The van der Waals surface area contributed by atoms with Crippen LogP contribution in [0.5, 0.6) is 0 Å². The fraction of sp³-hybridized carbons (Fsp3) is 1.00. The molecule has 0 radical (unpaired) electrons. The molecule has 20 heavy (non-hydrogen) atoms. The van der Waals surface area contributed by atoms with Gasteiger partial charge in [-0.1, -0.05) is 33.6 Å². The van der Waals surface area contributed by atoms with Crippen molar-refractivity contribution in [3.05, 3.63) is 0 Å². The average Bonchev–Trinajstić information content (AvgIpc) is 2.36. The molecule has 2 aliphatic heterocycles. The summed E-state index contributed by atoms with van der Waals surface area (Å²) in [5, 5.41) is 3.73. The molecule has 3 atom stereocenters. The Morgan fingerprint density at radius 2 is 1.65 bits per heavy atom. The predicted octanol–water partition coefficient (Wildman–Crippen LogP) is 3.95. The molecule has 2 bridgehead atoms. The van der Waals surface area contributed by atoms with Gasteiger partial charge in [0.05, 0.1) is 0 Å². The molecule has 2 heteroatoms. The summed E-state index contributed by atoms with van der Waals surface area (Å²) in [5.41, 5.74) is 0.579. The van der Waals surface area contributed by atoms with Gasteiger partial charge in [-0.25, -0.2) is 0 Å². The van der Waals surface area contributed by atoms with E-state index < -0.39 is 0 Å². The van der Waals surface area contributed by atoms with E-state index in [0.29, 0.717) is 5.41 Å². The first-order chi connectivity index (χ1) is 9.59. The monoisotopic (exact) mass is 278 g/mol. The summed E-state index contributed by atoms with van der Waals surface area (Å²) in [6.07, 6.45) is 13.0. The van der Waals surface area contributed by atoms with Gasteiger partial charge in [-0.2, -0.15) is 0 Å². The highest BCUT2D eigenvalue weighted by molar-refractivity contribution is 4.99. The highest BCUT2D eigenvalue weighted by atomic mass is 15.2. The molecule has 2 heterocycles. The van der Waals surface area contributed by atoms with Crippen LogP contribution in [0.2, 0.25) is 0 Å². The summed E-state index contributed by atoms with van der Waals surface area (Å²) in [5.74, 6) is 0. The van der Waals surface area contributed by atoms with Crippen LogP contribution in [0.4, 0.5) is 0 Å². The van der Waals surface area contributed by atoms with Gasteiger partial charge in [0, 0.05) is 24.2 Å². The largest absolute Gasteiger partial charge is 0.314 e. The van der Waals surface area contributed by atoms with Crippen molar-refractivity contribution in [3.63, 3.8) is 0 Å². The smallest absolute Gasteiger partial charge is 0.0116 e. The maximum absolute atomic E-state index is 3.73. The number of fused-ring (bicyclic) bond motifs is 2. The molecule has 3 unspecified atom stereocenters. The van der Waals surface area contributed by atoms with Gasteiger partial charge in [0.2, 0.25) is 0 Å². The topological polar surface area (TPSA) is 15.3 Å². The Labute approximate surface area is 125 Å². The molecule has 2 saturated heterocycles. The van der Waals surface area contributed by atoms with E-state index in [1.807, 2.05) is 0 Å². The lowest BCUT2D eigenvalue weighted by atomic mass is 9.72. The minimum Gasteiger partial charge on any atom is -0.314 e. The molecule has 3 fully saturated rings. The third-order valence-corrected chi connectivity index (χ3v) is 6.12. The molecule has 0 spiro atoms. The fourth-order valence-electron chi connectivity index (χ4n) is 5.38. The first-order valence-corrected chi connectivity index (χ1v) is 9.10. The van der Waals surface area contributed by atoms with Crippen LogP contribution in [0.25, 0.3) is 0 Å². The zero-order valence-corrected chi connectivity index (χ0v) is 13.8. The van der Waals surface area contributed by atoms with E-state index in [1.54, 1.807) is 0 Å². The molecule has 3 aliphatic rings. The first kappa shape index (κ1) is 14.8. The SMILES string of the molecule is CCNC1CC2CCCC(C1)N2C1CCCC(C)(C)C1. The van der Waals surface area contributed by atoms with E-state index in [-0.39, 0.29) is 0 Å². The highest BCUT2D eigenvalue weighted by Gasteiger charge is 2.43. The molecule has 0 aromatic carbocycles. The van der Waals surface area contributed by atoms with Crippen LogP contribution in [0.15, 0.2) is 0 Å². The third kappa shape index (κ3) is 3.06. The van der Waals surface area contributed by atoms with Gasteiger partial charge in [-0.3, -0.25) is 4.90 Å².